The van der Waals surface area contributed by atoms with E-state index in [4.69, 9.17) is 4.74 Å². The summed E-state index contributed by atoms with van der Waals surface area (Å²) in [6, 6.07) is 5.58. The van der Waals surface area contributed by atoms with Crippen LogP contribution in [0, 0.1) is 11.2 Å². The predicted molar refractivity (Wildman–Crippen MR) is 101 cm³/mol. The second-order valence-corrected chi connectivity index (χ2v) is 7.74. The Balaban J connectivity index is 1.64. The Morgan fingerprint density at radius 2 is 2.07 bits per heavy atom. The molecule has 2 aliphatic rings. The van der Waals surface area contributed by atoms with Crippen LogP contribution in [-0.2, 0) is 17.8 Å². The normalized spacial score (nSPS) is 23.2. The van der Waals surface area contributed by atoms with Gasteiger partial charge in [-0.2, -0.15) is 0 Å². The molecule has 1 saturated heterocycles. The Hall–Kier alpha value is -3.00. The topological polar surface area (TPSA) is 97.6 Å². The molecule has 0 aliphatic carbocycles. The van der Waals surface area contributed by atoms with Gasteiger partial charge in [-0.05, 0) is 37.5 Å². The lowest BCUT2D eigenvalue weighted by Gasteiger charge is -2.44. The molecule has 2 N–H and O–H groups in total. The maximum absolute atomic E-state index is 13.0. The Labute approximate surface area is 166 Å². The highest BCUT2D eigenvalue weighted by Crippen LogP contribution is 2.42. The molecule has 7 nitrogen and oxygen atoms in total. The van der Waals surface area contributed by atoms with Gasteiger partial charge >= 0.3 is 0 Å². The summed E-state index contributed by atoms with van der Waals surface area (Å²) in [7, 11) is 0. The zero-order chi connectivity index (χ0) is 20.8. The highest BCUT2D eigenvalue weighted by molar-refractivity contribution is 6.03. The van der Waals surface area contributed by atoms with Crippen molar-refractivity contribution in [2.24, 2.45) is 5.41 Å². The van der Waals surface area contributed by atoms with E-state index in [0.29, 0.717) is 18.6 Å². The number of nitrogens with one attached hydrogen (secondary N) is 1. The Morgan fingerprint density at radius 3 is 2.79 bits per heavy atom. The van der Waals surface area contributed by atoms with Crippen LogP contribution in [0.15, 0.2) is 35.3 Å². The first kappa shape index (κ1) is 19.3. The molecule has 0 bridgehead atoms. The lowest BCUT2D eigenvalue weighted by Crippen LogP contribution is -2.52. The van der Waals surface area contributed by atoms with E-state index in [1.165, 1.54) is 35.0 Å². The second kappa shape index (κ2) is 7.11. The van der Waals surface area contributed by atoms with Crippen molar-refractivity contribution < 1.29 is 23.8 Å². The fourth-order valence-corrected chi connectivity index (χ4v) is 4.05. The van der Waals surface area contributed by atoms with E-state index in [0.717, 1.165) is 6.42 Å². The first-order chi connectivity index (χ1) is 13.8. The van der Waals surface area contributed by atoms with E-state index in [9.17, 15) is 23.9 Å². The van der Waals surface area contributed by atoms with Crippen LogP contribution in [0.4, 0.5) is 4.39 Å². The molecule has 152 valence electrons. The number of ether oxygens (including phenoxy) is 1. The largest absolute Gasteiger partial charge is 0.503 e. The maximum atomic E-state index is 13.0. The van der Waals surface area contributed by atoms with Crippen LogP contribution in [-0.4, -0.2) is 34.1 Å². The van der Waals surface area contributed by atoms with Crippen LogP contribution < -0.4 is 10.7 Å². The molecule has 0 unspecified atom stereocenters. The van der Waals surface area contributed by atoms with Crippen molar-refractivity contribution in [2.75, 3.05) is 6.61 Å². The molecule has 0 spiro atoms. The van der Waals surface area contributed by atoms with Gasteiger partial charge in [0.05, 0.1) is 18.1 Å². The molecule has 2 aliphatic heterocycles. The van der Waals surface area contributed by atoms with Gasteiger partial charge in [0.25, 0.3) is 5.91 Å². The molecule has 1 aromatic carbocycles. The predicted octanol–water partition coefficient (Wildman–Crippen LogP) is 2.00. The van der Waals surface area contributed by atoms with Gasteiger partial charge in [-0.25, -0.2) is 4.39 Å². The molecule has 1 fully saturated rings. The van der Waals surface area contributed by atoms with Crippen molar-refractivity contribution in [1.29, 1.82) is 0 Å². The summed E-state index contributed by atoms with van der Waals surface area (Å²) in [5, 5.41) is 13.0. The van der Waals surface area contributed by atoms with E-state index in [1.54, 1.807) is 6.92 Å². The zero-order valence-electron chi connectivity index (χ0n) is 15.9. The number of pyridine rings is 1. The van der Waals surface area contributed by atoms with Crippen LogP contribution in [0.2, 0.25) is 0 Å². The summed E-state index contributed by atoms with van der Waals surface area (Å²) in [6.07, 6.45) is 2.26. The fraction of sp³-hybridized carbons (Fsp3) is 0.381. The van der Waals surface area contributed by atoms with Crippen LogP contribution in [0.5, 0.6) is 5.75 Å². The van der Waals surface area contributed by atoms with Gasteiger partial charge in [0, 0.05) is 19.3 Å². The lowest BCUT2D eigenvalue weighted by atomic mass is 9.71. The van der Waals surface area contributed by atoms with E-state index in [1.807, 2.05) is 0 Å². The second-order valence-electron chi connectivity index (χ2n) is 7.74. The van der Waals surface area contributed by atoms with E-state index in [-0.39, 0.29) is 42.1 Å². The minimum atomic E-state index is -0.889. The summed E-state index contributed by atoms with van der Waals surface area (Å²) in [5.74, 6) is -2.13. The number of nitrogens with zero attached hydrogens (tertiary/aromatic N) is 1. The number of hydrogen-bond acceptors (Lipinski definition) is 5. The van der Waals surface area contributed by atoms with Crippen molar-refractivity contribution in [1.82, 2.24) is 9.88 Å². The molecule has 2 aromatic rings. The SMILES string of the molecule is C[C@@]12CCCO[C@@H]1Cn1cc(C(=O)NCc3ccc(F)cc3)c(=O)c(O)c1C2=O. The van der Waals surface area contributed by atoms with Crippen molar-refractivity contribution in [2.45, 2.75) is 39.0 Å². The van der Waals surface area contributed by atoms with Gasteiger partial charge in [0.2, 0.25) is 5.43 Å². The number of ketones is 1. The fourth-order valence-electron chi connectivity index (χ4n) is 4.05. The summed E-state index contributed by atoms with van der Waals surface area (Å²) >= 11 is 0. The molecule has 1 aromatic heterocycles. The van der Waals surface area contributed by atoms with E-state index >= 15 is 0 Å². The number of fused-ring (bicyclic) bond motifs is 2. The summed E-state index contributed by atoms with van der Waals surface area (Å²) in [6.45, 7) is 2.68. The molecule has 0 radical (unpaired) electrons. The van der Waals surface area contributed by atoms with Crippen molar-refractivity contribution in [3.63, 3.8) is 0 Å². The van der Waals surface area contributed by atoms with Gasteiger partial charge < -0.3 is 19.7 Å². The maximum Gasteiger partial charge on any atom is 0.257 e. The molecule has 4 rings (SSSR count). The van der Waals surface area contributed by atoms with Gasteiger partial charge in [0.1, 0.15) is 17.1 Å². The molecule has 2 atom stereocenters. The summed E-state index contributed by atoms with van der Waals surface area (Å²) in [5.41, 5.74) is -1.37. The summed E-state index contributed by atoms with van der Waals surface area (Å²) in [4.78, 5) is 38.2. The first-order valence-electron chi connectivity index (χ1n) is 9.46. The molecular formula is C21H21FN2O5. The minimum Gasteiger partial charge on any atom is -0.503 e. The average Bonchev–Trinajstić information content (AvgIpc) is 2.71. The molecular weight excluding hydrogens is 379 g/mol. The number of Topliss-reactive ketones (excluding diaryl/α,β-unsaturated/α-hetero) is 1. The smallest absolute Gasteiger partial charge is 0.257 e. The third-order valence-electron chi connectivity index (χ3n) is 5.83. The van der Waals surface area contributed by atoms with E-state index in [2.05, 4.69) is 5.32 Å². The highest BCUT2D eigenvalue weighted by atomic mass is 19.1. The molecule has 3 heterocycles. The Morgan fingerprint density at radius 1 is 1.34 bits per heavy atom. The molecule has 0 saturated carbocycles. The van der Waals surface area contributed by atoms with Crippen LogP contribution in [0.3, 0.4) is 0 Å². The number of rotatable bonds is 3. The van der Waals surface area contributed by atoms with Crippen molar-refractivity contribution in [3.8, 4) is 5.75 Å². The third kappa shape index (κ3) is 3.23. The number of amides is 1. The van der Waals surface area contributed by atoms with E-state index < -0.39 is 22.5 Å². The molecule has 8 heteroatoms. The van der Waals surface area contributed by atoms with Gasteiger partial charge in [-0.1, -0.05) is 12.1 Å². The minimum absolute atomic E-state index is 0.0747. The van der Waals surface area contributed by atoms with Crippen LogP contribution in [0.1, 0.15) is 46.2 Å². The lowest BCUT2D eigenvalue weighted by molar-refractivity contribution is -0.0740. The monoisotopic (exact) mass is 400 g/mol. The van der Waals surface area contributed by atoms with Crippen molar-refractivity contribution >= 4 is 11.7 Å². The number of aromatic hydroxyl groups is 1. The quantitative estimate of drug-likeness (QED) is 0.821. The number of hydrogen-bond donors (Lipinski definition) is 2. The number of halogens is 1. The van der Waals surface area contributed by atoms with Gasteiger partial charge in [-0.15, -0.1) is 0 Å². The third-order valence-corrected chi connectivity index (χ3v) is 5.83. The zero-order valence-corrected chi connectivity index (χ0v) is 15.9. The van der Waals surface area contributed by atoms with Gasteiger partial charge in [0.15, 0.2) is 11.5 Å². The molecule has 1 amide bonds. The van der Waals surface area contributed by atoms with Crippen LogP contribution >= 0.6 is 0 Å². The average molecular weight is 400 g/mol. The number of carbonyl (C=O) groups excluding carboxylic acids is 2. The Bertz CT molecular complexity index is 1050. The highest BCUT2D eigenvalue weighted by Gasteiger charge is 2.49. The summed E-state index contributed by atoms with van der Waals surface area (Å²) < 4.78 is 20.2. The number of carbonyl (C=O) groups is 2. The van der Waals surface area contributed by atoms with Crippen LogP contribution in [0.25, 0.3) is 0 Å². The van der Waals surface area contributed by atoms with Crippen molar-refractivity contribution in [3.05, 3.63) is 63.3 Å². The standard InChI is InChI=1S/C21H21FN2O5/c1-21-7-2-8-29-15(21)11-24-10-14(17(25)18(26)16(24)19(21)27)20(28)23-9-12-3-5-13(22)6-4-12/h3-6,10,15,26H,2,7-9,11H2,1H3,(H,23,28)/t15-,21-/m1/s1. The molecule has 29 heavy (non-hydrogen) atoms. The first-order valence-corrected chi connectivity index (χ1v) is 9.46. The number of benzene rings is 1. The Kier molecular flexibility index (Phi) is 4.74. The number of aromatic nitrogens is 1. The van der Waals surface area contributed by atoms with Gasteiger partial charge in [-0.3, -0.25) is 14.4 Å².